The molecule has 0 aromatic heterocycles. The average molecular weight is 305 g/mol. The first-order chi connectivity index (χ1) is 10.1. The first-order valence-electron chi connectivity index (χ1n) is 6.79. The van der Waals surface area contributed by atoms with Gasteiger partial charge in [0.25, 0.3) is 0 Å². The minimum absolute atomic E-state index is 0.0842. The summed E-state index contributed by atoms with van der Waals surface area (Å²) in [6.45, 7) is 1.84. The van der Waals surface area contributed by atoms with Gasteiger partial charge in [-0.3, -0.25) is 4.79 Å². The van der Waals surface area contributed by atoms with Crippen LogP contribution in [0.2, 0.25) is 5.02 Å². The van der Waals surface area contributed by atoms with Crippen molar-refractivity contribution in [2.24, 2.45) is 0 Å². The van der Waals surface area contributed by atoms with E-state index in [2.05, 4.69) is 0 Å². The number of ether oxygens (including phenoxy) is 1. The molecule has 0 heterocycles. The van der Waals surface area contributed by atoms with Crippen LogP contribution in [0.25, 0.3) is 11.1 Å². The molecule has 0 saturated carbocycles. The molecular weight excluding hydrogens is 288 g/mol. The van der Waals surface area contributed by atoms with Crippen LogP contribution in [0.15, 0.2) is 48.5 Å². The molecule has 0 aliphatic carbocycles. The molecule has 110 valence electrons. The highest BCUT2D eigenvalue weighted by Gasteiger charge is 2.10. The second-order valence-electron chi connectivity index (χ2n) is 4.87. The fraction of sp³-hybridized carbons (Fsp3) is 0.235. The van der Waals surface area contributed by atoms with Gasteiger partial charge in [0.1, 0.15) is 5.75 Å². The standard InChI is InChI=1S/C17H17ClO3/c1-12(7-10-17(19)20)21-16-9-8-14(11-15(16)18)13-5-3-2-4-6-13/h2-6,8-9,11-12H,7,10H2,1H3,(H,19,20). The van der Waals surface area contributed by atoms with Crippen molar-refractivity contribution in [3.8, 4) is 16.9 Å². The lowest BCUT2D eigenvalue weighted by Crippen LogP contribution is -2.13. The molecule has 1 unspecified atom stereocenters. The number of rotatable bonds is 6. The molecule has 3 nitrogen and oxygen atoms in total. The molecule has 1 N–H and O–H groups in total. The number of hydrogen-bond acceptors (Lipinski definition) is 2. The Morgan fingerprint density at radius 2 is 1.90 bits per heavy atom. The largest absolute Gasteiger partial charge is 0.489 e. The van der Waals surface area contributed by atoms with Crippen LogP contribution in [0, 0.1) is 0 Å². The van der Waals surface area contributed by atoms with Gasteiger partial charge >= 0.3 is 5.97 Å². The molecule has 0 bridgehead atoms. The van der Waals surface area contributed by atoms with E-state index in [4.69, 9.17) is 21.4 Å². The fourth-order valence-electron chi connectivity index (χ4n) is 2.01. The third-order valence-electron chi connectivity index (χ3n) is 3.13. The lowest BCUT2D eigenvalue weighted by Gasteiger charge is -2.15. The predicted molar refractivity (Wildman–Crippen MR) is 83.8 cm³/mol. The second-order valence-corrected chi connectivity index (χ2v) is 5.28. The minimum atomic E-state index is -0.823. The van der Waals surface area contributed by atoms with Crippen LogP contribution >= 0.6 is 11.6 Å². The summed E-state index contributed by atoms with van der Waals surface area (Å²) < 4.78 is 5.69. The molecule has 2 aromatic carbocycles. The summed E-state index contributed by atoms with van der Waals surface area (Å²) in [5, 5.41) is 9.19. The molecule has 0 aliphatic heterocycles. The second kappa shape index (κ2) is 7.14. The smallest absolute Gasteiger partial charge is 0.303 e. The van der Waals surface area contributed by atoms with E-state index in [-0.39, 0.29) is 12.5 Å². The fourth-order valence-corrected chi connectivity index (χ4v) is 2.23. The molecule has 0 saturated heterocycles. The summed E-state index contributed by atoms with van der Waals surface area (Å²) in [7, 11) is 0. The SMILES string of the molecule is CC(CCC(=O)O)Oc1ccc(-c2ccccc2)cc1Cl. The van der Waals surface area contributed by atoms with Crippen molar-refractivity contribution in [3.63, 3.8) is 0 Å². The molecule has 2 aromatic rings. The molecule has 0 amide bonds. The number of hydrogen-bond donors (Lipinski definition) is 1. The maximum Gasteiger partial charge on any atom is 0.303 e. The first kappa shape index (κ1) is 15.4. The van der Waals surface area contributed by atoms with Crippen LogP contribution in [0.5, 0.6) is 5.75 Å². The van der Waals surface area contributed by atoms with Crippen LogP contribution in [-0.4, -0.2) is 17.2 Å². The van der Waals surface area contributed by atoms with Crippen molar-refractivity contribution in [1.29, 1.82) is 0 Å². The zero-order valence-corrected chi connectivity index (χ0v) is 12.5. The lowest BCUT2D eigenvalue weighted by molar-refractivity contribution is -0.137. The Morgan fingerprint density at radius 3 is 2.52 bits per heavy atom. The summed E-state index contributed by atoms with van der Waals surface area (Å²) in [5.41, 5.74) is 2.11. The molecular formula is C17H17ClO3. The number of carbonyl (C=O) groups is 1. The van der Waals surface area contributed by atoms with E-state index in [0.717, 1.165) is 11.1 Å². The minimum Gasteiger partial charge on any atom is -0.489 e. The third kappa shape index (κ3) is 4.50. The summed E-state index contributed by atoms with van der Waals surface area (Å²) in [4.78, 5) is 10.5. The van der Waals surface area contributed by atoms with Crippen LogP contribution in [0.4, 0.5) is 0 Å². The average Bonchev–Trinajstić information content (AvgIpc) is 2.48. The van der Waals surface area contributed by atoms with Gasteiger partial charge in [0.05, 0.1) is 11.1 Å². The Hall–Kier alpha value is -2.00. The van der Waals surface area contributed by atoms with E-state index in [9.17, 15) is 4.79 Å². The van der Waals surface area contributed by atoms with Crippen molar-refractivity contribution >= 4 is 17.6 Å². The Labute approximate surface area is 129 Å². The Balaban J connectivity index is 2.07. The quantitative estimate of drug-likeness (QED) is 0.845. The molecule has 21 heavy (non-hydrogen) atoms. The van der Waals surface area contributed by atoms with Gasteiger partial charge in [-0.15, -0.1) is 0 Å². The number of benzene rings is 2. The summed E-state index contributed by atoms with van der Waals surface area (Å²) in [6, 6.07) is 15.6. The zero-order chi connectivity index (χ0) is 15.2. The molecule has 0 fully saturated rings. The highest BCUT2D eigenvalue weighted by atomic mass is 35.5. The number of aliphatic carboxylic acids is 1. The van der Waals surface area contributed by atoms with Gasteiger partial charge in [-0.2, -0.15) is 0 Å². The number of carboxylic acids is 1. The summed E-state index contributed by atoms with van der Waals surface area (Å²) in [6.07, 6.45) is 0.341. The van der Waals surface area contributed by atoms with E-state index in [1.54, 1.807) is 0 Å². The van der Waals surface area contributed by atoms with Gasteiger partial charge in [-0.25, -0.2) is 0 Å². The van der Waals surface area contributed by atoms with Gasteiger partial charge in [-0.05, 0) is 36.6 Å². The Bertz CT molecular complexity index is 611. The van der Waals surface area contributed by atoms with Crippen LogP contribution in [0.1, 0.15) is 19.8 Å². The first-order valence-corrected chi connectivity index (χ1v) is 7.17. The van der Waals surface area contributed by atoms with Gasteiger partial charge < -0.3 is 9.84 Å². The van der Waals surface area contributed by atoms with Crippen molar-refractivity contribution in [2.75, 3.05) is 0 Å². The van der Waals surface area contributed by atoms with Crippen molar-refractivity contribution in [3.05, 3.63) is 53.6 Å². The topological polar surface area (TPSA) is 46.5 Å². The maximum atomic E-state index is 10.5. The third-order valence-corrected chi connectivity index (χ3v) is 3.43. The van der Waals surface area contributed by atoms with Crippen molar-refractivity contribution in [2.45, 2.75) is 25.9 Å². The van der Waals surface area contributed by atoms with E-state index >= 15 is 0 Å². The molecule has 1 atom stereocenters. The molecule has 0 radical (unpaired) electrons. The number of halogens is 1. The van der Waals surface area contributed by atoms with Crippen LogP contribution in [0.3, 0.4) is 0 Å². The Morgan fingerprint density at radius 1 is 1.19 bits per heavy atom. The van der Waals surface area contributed by atoms with Crippen molar-refractivity contribution < 1.29 is 14.6 Å². The van der Waals surface area contributed by atoms with Gasteiger partial charge in [0, 0.05) is 6.42 Å². The van der Waals surface area contributed by atoms with Gasteiger partial charge in [-0.1, -0.05) is 48.0 Å². The maximum absolute atomic E-state index is 10.5. The molecule has 0 spiro atoms. The Kier molecular flexibility index (Phi) is 5.23. The van der Waals surface area contributed by atoms with Gasteiger partial charge in [0.15, 0.2) is 0 Å². The summed E-state index contributed by atoms with van der Waals surface area (Å²) >= 11 is 6.24. The molecule has 2 rings (SSSR count). The van der Waals surface area contributed by atoms with E-state index in [1.807, 2.05) is 55.5 Å². The van der Waals surface area contributed by atoms with Gasteiger partial charge in [0.2, 0.25) is 0 Å². The highest BCUT2D eigenvalue weighted by Crippen LogP contribution is 2.31. The summed E-state index contributed by atoms with van der Waals surface area (Å²) in [5.74, 6) is -0.245. The van der Waals surface area contributed by atoms with E-state index < -0.39 is 5.97 Å². The highest BCUT2D eigenvalue weighted by molar-refractivity contribution is 6.32. The molecule has 4 heteroatoms. The van der Waals surface area contributed by atoms with E-state index in [1.165, 1.54) is 0 Å². The monoisotopic (exact) mass is 304 g/mol. The van der Waals surface area contributed by atoms with E-state index in [0.29, 0.717) is 17.2 Å². The predicted octanol–water partition coefficient (Wildman–Crippen LogP) is 4.64. The number of carboxylic acid groups (broad SMARTS) is 1. The zero-order valence-electron chi connectivity index (χ0n) is 11.8. The molecule has 0 aliphatic rings. The normalized spacial score (nSPS) is 11.9. The van der Waals surface area contributed by atoms with Crippen LogP contribution in [-0.2, 0) is 4.79 Å². The lowest BCUT2D eigenvalue weighted by atomic mass is 10.1. The van der Waals surface area contributed by atoms with Crippen molar-refractivity contribution in [1.82, 2.24) is 0 Å². The van der Waals surface area contributed by atoms with Crippen LogP contribution < -0.4 is 4.74 Å².